The lowest BCUT2D eigenvalue weighted by Gasteiger charge is -2.18. The lowest BCUT2D eigenvalue weighted by Crippen LogP contribution is -2.21. The predicted octanol–water partition coefficient (Wildman–Crippen LogP) is 3.38. The Morgan fingerprint density at radius 2 is 1.76 bits per heavy atom. The van der Waals surface area contributed by atoms with E-state index in [0.29, 0.717) is 18.1 Å². The van der Waals surface area contributed by atoms with Gasteiger partial charge in [0.15, 0.2) is 0 Å². The van der Waals surface area contributed by atoms with Crippen molar-refractivity contribution in [3.63, 3.8) is 0 Å². The van der Waals surface area contributed by atoms with Crippen LogP contribution in [-0.2, 0) is 9.53 Å². The molecule has 0 amide bonds. The molecule has 1 unspecified atom stereocenters. The Morgan fingerprint density at radius 1 is 1.05 bits per heavy atom. The smallest absolute Gasteiger partial charge is 0.352 e. The quantitative estimate of drug-likeness (QED) is 0.764. The zero-order valence-corrected chi connectivity index (χ0v) is 12.1. The molecule has 0 aliphatic carbocycles. The second kappa shape index (κ2) is 7.33. The highest BCUT2D eigenvalue weighted by Gasteiger charge is 2.24. The molecule has 21 heavy (non-hydrogen) atoms. The zero-order chi connectivity index (χ0) is 15.1. The molecule has 0 fully saturated rings. The van der Waals surface area contributed by atoms with E-state index in [1.54, 1.807) is 32.2 Å². The lowest BCUT2D eigenvalue weighted by atomic mass is 10.1. The Kier molecular flexibility index (Phi) is 5.21. The first-order valence-electron chi connectivity index (χ1n) is 6.77. The number of hydrogen-bond acceptors (Lipinski definition) is 4. The summed E-state index contributed by atoms with van der Waals surface area (Å²) in [7, 11) is 1.58. The number of methoxy groups -OCH3 is 1. The highest BCUT2D eigenvalue weighted by Crippen LogP contribution is 2.26. The molecule has 0 radical (unpaired) electrons. The number of carbonyl (C=O) groups excluding carboxylic acids is 1. The van der Waals surface area contributed by atoms with Crippen molar-refractivity contribution in [2.45, 2.75) is 13.0 Å². The third-order valence-corrected chi connectivity index (χ3v) is 2.90. The fraction of sp³-hybridized carbons (Fsp3) is 0.235. The molecule has 2 rings (SSSR count). The number of rotatable bonds is 6. The molecule has 0 spiro atoms. The Labute approximate surface area is 124 Å². The second-order valence-electron chi connectivity index (χ2n) is 4.34. The van der Waals surface area contributed by atoms with Gasteiger partial charge in [-0.25, -0.2) is 4.79 Å². The maximum Gasteiger partial charge on any atom is 0.352 e. The molecule has 0 saturated heterocycles. The van der Waals surface area contributed by atoms with E-state index in [0.717, 1.165) is 5.56 Å². The molecule has 0 bridgehead atoms. The third kappa shape index (κ3) is 3.99. The minimum absolute atomic E-state index is 0.309. The molecule has 2 aromatic carbocycles. The monoisotopic (exact) mass is 286 g/mol. The Morgan fingerprint density at radius 3 is 2.43 bits per heavy atom. The maximum atomic E-state index is 12.1. The van der Waals surface area contributed by atoms with Crippen LogP contribution in [0.5, 0.6) is 11.5 Å². The van der Waals surface area contributed by atoms with E-state index in [-0.39, 0.29) is 0 Å². The molecule has 4 heteroatoms. The number of benzene rings is 2. The summed E-state index contributed by atoms with van der Waals surface area (Å²) in [5.41, 5.74) is 0.749. The van der Waals surface area contributed by atoms with E-state index < -0.39 is 12.1 Å². The van der Waals surface area contributed by atoms with E-state index in [1.165, 1.54) is 0 Å². The number of ether oxygens (including phenoxy) is 3. The van der Waals surface area contributed by atoms with Crippen molar-refractivity contribution in [1.82, 2.24) is 0 Å². The summed E-state index contributed by atoms with van der Waals surface area (Å²) in [6, 6.07) is 16.4. The van der Waals surface area contributed by atoms with E-state index in [4.69, 9.17) is 14.2 Å². The molecule has 0 aromatic heterocycles. The Hall–Kier alpha value is -2.49. The highest BCUT2D eigenvalue weighted by atomic mass is 16.6. The van der Waals surface area contributed by atoms with Crippen molar-refractivity contribution >= 4 is 5.97 Å². The normalized spacial score (nSPS) is 11.5. The first kappa shape index (κ1) is 14.9. The van der Waals surface area contributed by atoms with Crippen LogP contribution in [0.25, 0.3) is 0 Å². The summed E-state index contributed by atoms with van der Waals surface area (Å²) in [5, 5.41) is 0. The summed E-state index contributed by atoms with van der Waals surface area (Å²) in [5.74, 6) is 0.811. The second-order valence-corrected chi connectivity index (χ2v) is 4.34. The van der Waals surface area contributed by atoms with E-state index >= 15 is 0 Å². The molecule has 0 aliphatic heterocycles. The molecule has 110 valence electrons. The van der Waals surface area contributed by atoms with Crippen LogP contribution in [0.2, 0.25) is 0 Å². The summed E-state index contributed by atoms with van der Waals surface area (Å²) >= 11 is 0. The van der Waals surface area contributed by atoms with Crippen LogP contribution in [-0.4, -0.2) is 19.7 Å². The van der Waals surface area contributed by atoms with Gasteiger partial charge >= 0.3 is 5.97 Å². The number of carbonyl (C=O) groups is 1. The molecular weight excluding hydrogens is 268 g/mol. The first-order chi connectivity index (χ1) is 10.2. The summed E-state index contributed by atoms with van der Waals surface area (Å²) in [6.07, 6.45) is -0.793. The molecular formula is C17H18O4. The van der Waals surface area contributed by atoms with Crippen LogP contribution < -0.4 is 9.47 Å². The van der Waals surface area contributed by atoms with Crippen LogP contribution in [0.3, 0.4) is 0 Å². The van der Waals surface area contributed by atoms with Gasteiger partial charge in [-0.05, 0) is 19.1 Å². The molecule has 0 aliphatic rings. The van der Waals surface area contributed by atoms with Gasteiger partial charge in [0.05, 0.1) is 13.7 Å². The molecule has 1 atom stereocenters. The van der Waals surface area contributed by atoms with Gasteiger partial charge in [0, 0.05) is 11.6 Å². The molecule has 0 saturated carbocycles. The standard InChI is InChI=1S/C17H18O4/c1-3-20-17(18)16(13-8-5-4-6-9-13)21-15-11-7-10-14(12-15)19-2/h4-12,16H,3H2,1-2H3. The van der Waals surface area contributed by atoms with Gasteiger partial charge in [-0.1, -0.05) is 36.4 Å². The lowest BCUT2D eigenvalue weighted by molar-refractivity contribution is -0.151. The Bertz CT molecular complexity index is 580. The van der Waals surface area contributed by atoms with Crippen molar-refractivity contribution in [3.8, 4) is 11.5 Å². The van der Waals surface area contributed by atoms with Gasteiger partial charge in [0.25, 0.3) is 0 Å². The average Bonchev–Trinajstić information content (AvgIpc) is 2.54. The third-order valence-electron chi connectivity index (χ3n) is 2.90. The zero-order valence-electron chi connectivity index (χ0n) is 12.1. The van der Waals surface area contributed by atoms with Crippen molar-refractivity contribution < 1.29 is 19.0 Å². The predicted molar refractivity (Wildman–Crippen MR) is 79.4 cm³/mol. The van der Waals surface area contributed by atoms with Crippen LogP contribution in [0.4, 0.5) is 0 Å². The van der Waals surface area contributed by atoms with E-state index in [1.807, 2.05) is 36.4 Å². The topological polar surface area (TPSA) is 44.8 Å². The summed E-state index contributed by atoms with van der Waals surface area (Å²) < 4.78 is 16.0. The van der Waals surface area contributed by atoms with Crippen LogP contribution in [0.1, 0.15) is 18.6 Å². The minimum atomic E-state index is -0.793. The summed E-state index contributed by atoms with van der Waals surface area (Å²) in [6.45, 7) is 2.08. The highest BCUT2D eigenvalue weighted by molar-refractivity contribution is 5.77. The molecule has 0 N–H and O–H groups in total. The minimum Gasteiger partial charge on any atom is -0.497 e. The van der Waals surface area contributed by atoms with Crippen molar-refractivity contribution in [2.24, 2.45) is 0 Å². The van der Waals surface area contributed by atoms with Gasteiger partial charge in [-0.2, -0.15) is 0 Å². The van der Waals surface area contributed by atoms with E-state index in [2.05, 4.69) is 0 Å². The van der Waals surface area contributed by atoms with Crippen molar-refractivity contribution in [2.75, 3.05) is 13.7 Å². The largest absolute Gasteiger partial charge is 0.497 e. The van der Waals surface area contributed by atoms with Crippen molar-refractivity contribution in [1.29, 1.82) is 0 Å². The molecule has 4 nitrogen and oxygen atoms in total. The van der Waals surface area contributed by atoms with Gasteiger partial charge in [0.1, 0.15) is 11.5 Å². The van der Waals surface area contributed by atoms with Gasteiger partial charge in [-0.3, -0.25) is 0 Å². The van der Waals surface area contributed by atoms with Crippen LogP contribution >= 0.6 is 0 Å². The molecule has 0 heterocycles. The van der Waals surface area contributed by atoms with Crippen LogP contribution in [0.15, 0.2) is 54.6 Å². The Balaban J connectivity index is 2.25. The summed E-state index contributed by atoms with van der Waals surface area (Å²) in [4.78, 5) is 12.1. The van der Waals surface area contributed by atoms with Gasteiger partial charge < -0.3 is 14.2 Å². The van der Waals surface area contributed by atoms with Crippen LogP contribution in [0, 0.1) is 0 Å². The first-order valence-corrected chi connectivity index (χ1v) is 6.77. The van der Waals surface area contributed by atoms with Crippen molar-refractivity contribution in [3.05, 3.63) is 60.2 Å². The van der Waals surface area contributed by atoms with Gasteiger partial charge in [-0.15, -0.1) is 0 Å². The number of hydrogen-bond donors (Lipinski definition) is 0. The maximum absolute atomic E-state index is 12.1. The fourth-order valence-electron chi connectivity index (χ4n) is 1.91. The molecule has 2 aromatic rings. The SMILES string of the molecule is CCOC(=O)C(Oc1cccc(OC)c1)c1ccccc1. The average molecular weight is 286 g/mol. The number of esters is 1. The fourth-order valence-corrected chi connectivity index (χ4v) is 1.91. The van der Waals surface area contributed by atoms with Gasteiger partial charge in [0.2, 0.25) is 6.10 Å². The van der Waals surface area contributed by atoms with E-state index in [9.17, 15) is 4.79 Å².